The molecule has 0 aliphatic carbocycles. The minimum atomic E-state index is -0.912. The van der Waals surface area contributed by atoms with Gasteiger partial charge in [0.1, 0.15) is 0 Å². The number of hydrogen-bond donors (Lipinski definition) is 2. The molecule has 1 aromatic rings. The van der Waals surface area contributed by atoms with E-state index in [-0.39, 0.29) is 12.1 Å². The van der Waals surface area contributed by atoms with Crippen LogP contribution in [0, 0.1) is 5.92 Å². The molecule has 104 valence electrons. The molecule has 1 aliphatic rings. The van der Waals surface area contributed by atoms with Crippen molar-refractivity contribution in [3.63, 3.8) is 0 Å². The van der Waals surface area contributed by atoms with Crippen molar-refractivity contribution in [2.45, 2.75) is 45.0 Å². The molecular weight excluding hydrogens is 242 g/mol. The van der Waals surface area contributed by atoms with Crippen LogP contribution in [0.5, 0.6) is 0 Å². The minimum Gasteiger partial charge on any atom is -0.481 e. The van der Waals surface area contributed by atoms with Crippen LogP contribution in [0.4, 0.5) is 0 Å². The van der Waals surface area contributed by atoms with Crippen LogP contribution in [-0.2, 0) is 11.3 Å². The maximum absolute atomic E-state index is 11.3. The van der Waals surface area contributed by atoms with Crippen molar-refractivity contribution in [2.75, 3.05) is 0 Å². The molecule has 1 aromatic carbocycles. The Labute approximate surface area is 113 Å². The molecule has 0 bridgehead atoms. The fourth-order valence-electron chi connectivity index (χ4n) is 3.03. The van der Waals surface area contributed by atoms with Gasteiger partial charge < -0.3 is 10.2 Å². The summed E-state index contributed by atoms with van der Waals surface area (Å²) in [4.78, 5) is 13.5. The highest BCUT2D eigenvalue weighted by molar-refractivity contribution is 5.71. The molecule has 2 rings (SSSR count). The maximum Gasteiger partial charge on any atom is 0.310 e. The van der Waals surface area contributed by atoms with Crippen LogP contribution in [0.2, 0.25) is 0 Å². The molecule has 0 radical (unpaired) electrons. The van der Waals surface area contributed by atoms with Crippen LogP contribution < -0.4 is 0 Å². The van der Waals surface area contributed by atoms with Crippen molar-refractivity contribution in [2.24, 2.45) is 5.92 Å². The number of nitrogens with zero attached hydrogens (tertiary/aromatic N) is 1. The summed E-state index contributed by atoms with van der Waals surface area (Å²) in [5.41, 5.74) is 1.17. The number of carboxylic acid groups (broad SMARTS) is 1. The maximum atomic E-state index is 11.3. The number of carboxylic acids is 1. The number of likely N-dealkylation sites (tertiary alicyclic amines) is 1. The molecule has 4 heteroatoms. The third-order valence-corrected chi connectivity index (χ3v) is 4.10. The Morgan fingerprint density at radius 2 is 1.95 bits per heavy atom. The summed E-state index contributed by atoms with van der Waals surface area (Å²) < 4.78 is 0. The van der Waals surface area contributed by atoms with Gasteiger partial charge in [-0.15, -0.1) is 0 Å². The van der Waals surface area contributed by atoms with Gasteiger partial charge in [0, 0.05) is 18.6 Å². The van der Waals surface area contributed by atoms with Crippen LogP contribution in [0.15, 0.2) is 30.3 Å². The van der Waals surface area contributed by atoms with E-state index in [1.165, 1.54) is 5.56 Å². The first kappa shape index (κ1) is 14.0. The topological polar surface area (TPSA) is 60.8 Å². The smallest absolute Gasteiger partial charge is 0.310 e. The van der Waals surface area contributed by atoms with Gasteiger partial charge in [-0.2, -0.15) is 0 Å². The summed E-state index contributed by atoms with van der Waals surface area (Å²) >= 11 is 0. The largest absolute Gasteiger partial charge is 0.481 e. The lowest BCUT2D eigenvalue weighted by Gasteiger charge is -2.44. The average Bonchev–Trinajstić information content (AvgIpc) is 2.35. The Kier molecular flexibility index (Phi) is 4.22. The number of aliphatic carboxylic acids is 1. The number of benzene rings is 1. The fraction of sp³-hybridized carbons (Fsp3) is 0.533. The van der Waals surface area contributed by atoms with Gasteiger partial charge in [0.15, 0.2) is 0 Å². The highest BCUT2D eigenvalue weighted by atomic mass is 16.4. The molecule has 0 spiro atoms. The lowest BCUT2D eigenvalue weighted by Crippen LogP contribution is -2.56. The second-order valence-corrected chi connectivity index (χ2v) is 5.41. The van der Waals surface area contributed by atoms with Crippen molar-refractivity contribution in [1.29, 1.82) is 0 Å². The van der Waals surface area contributed by atoms with Crippen LogP contribution >= 0.6 is 0 Å². The normalized spacial score (nSPS) is 32.2. The van der Waals surface area contributed by atoms with Gasteiger partial charge in [-0.25, -0.2) is 0 Å². The first-order valence-corrected chi connectivity index (χ1v) is 6.71. The molecule has 1 saturated heterocycles. The summed E-state index contributed by atoms with van der Waals surface area (Å²) in [6.07, 6.45) is -0.247. The van der Waals surface area contributed by atoms with Gasteiger partial charge in [0.25, 0.3) is 0 Å². The van der Waals surface area contributed by atoms with Gasteiger partial charge in [-0.3, -0.25) is 9.69 Å². The average molecular weight is 263 g/mol. The van der Waals surface area contributed by atoms with E-state index < -0.39 is 18.0 Å². The molecule has 4 atom stereocenters. The molecule has 2 unspecified atom stereocenters. The molecular formula is C15H21NO3. The third kappa shape index (κ3) is 2.96. The molecule has 0 saturated carbocycles. The Morgan fingerprint density at radius 1 is 1.32 bits per heavy atom. The molecule has 2 N–H and O–H groups in total. The van der Waals surface area contributed by atoms with E-state index in [4.69, 9.17) is 0 Å². The second kappa shape index (κ2) is 5.72. The minimum absolute atomic E-state index is 0.170. The number of hydrogen-bond acceptors (Lipinski definition) is 3. The van der Waals surface area contributed by atoms with E-state index in [1.807, 2.05) is 44.2 Å². The Bertz CT molecular complexity index is 434. The zero-order valence-corrected chi connectivity index (χ0v) is 11.4. The van der Waals surface area contributed by atoms with Gasteiger partial charge in [-0.05, 0) is 25.8 Å². The predicted molar refractivity (Wildman–Crippen MR) is 72.7 cm³/mol. The Hall–Kier alpha value is -1.39. The molecule has 4 nitrogen and oxygen atoms in total. The van der Waals surface area contributed by atoms with Gasteiger partial charge in [0.05, 0.1) is 12.0 Å². The summed E-state index contributed by atoms with van der Waals surface area (Å²) in [6.45, 7) is 4.65. The third-order valence-electron chi connectivity index (χ3n) is 4.10. The van der Waals surface area contributed by atoms with Crippen LogP contribution in [0.25, 0.3) is 0 Å². The van der Waals surface area contributed by atoms with Gasteiger partial charge in [0.2, 0.25) is 0 Å². The number of piperidine rings is 1. The van der Waals surface area contributed by atoms with Crippen molar-refractivity contribution in [3.8, 4) is 0 Å². The van der Waals surface area contributed by atoms with Crippen LogP contribution in [-0.4, -0.2) is 39.3 Å². The van der Waals surface area contributed by atoms with Crippen molar-refractivity contribution >= 4 is 5.97 Å². The van der Waals surface area contributed by atoms with Gasteiger partial charge in [-0.1, -0.05) is 30.3 Å². The summed E-state index contributed by atoms with van der Waals surface area (Å²) in [6, 6.07) is 10.0. The van der Waals surface area contributed by atoms with E-state index in [0.29, 0.717) is 6.42 Å². The fourth-order valence-corrected chi connectivity index (χ4v) is 3.03. The number of rotatable bonds is 3. The standard InChI is InChI=1S/C15H21NO3/c1-10-8-13(17)14(15(18)19)11(2)16(10)9-12-6-4-3-5-7-12/h3-7,10-11,13-14,17H,8-9H2,1-2H3,(H,18,19)/t10-,11+,13?,14?/m1/s1. The van der Waals surface area contributed by atoms with Gasteiger partial charge >= 0.3 is 5.97 Å². The second-order valence-electron chi connectivity index (χ2n) is 5.41. The lowest BCUT2D eigenvalue weighted by molar-refractivity contribution is -0.154. The first-order chi connectivity index (χ1) is 9.00. The number of aliphatic hydroxyl groups excluding tert-OH is 1. The SMILES string of the molecule is C[C@@H]1CC(O)C(C(=O)O)[C@H](C)N1Cc1ccccc1. The van der Waals surface area contributed by atoms with E-state index >= 15 is 0 Å². The molecule has 1 fully saturated rings. The van der Waals surface area contributed by atoms with E-state index in [1.54, 1.807) is 0 Å². The molecule has 1 heterocycles. The van der Waals surface area contributed by atoms with Crippen LogP contribution in [0.1, 0.15) is 25.8 Å². The van der Waals surface area contributed by atoms with Crippen molar-refractivity contribution in [1.82, 2.24) is 4.90 Å². The monoisotopic (exact) mass is 263 g/mol. The first-order valence-electron chi connectivity index (χ1n) is 6.71. The lowest BCUT2D eigenvalue weighted by atomic mass is 9.84. The Morgan fingerprint density at radius 3 is 2.53 bits per heavy atom. The number of carbonyl (C=O) groups is 1. The van der Waals surface area contributed by atoms with E-state index in [9.17, 15) is 15.0 Å². The predicted octanol–water partition coefficient (Wildman–Crippen LogP) is 1.73. The highest BCUT2D eigenvalue weighted by Crippen LogP contribution is 2.30. The quantitative estimate of drug-likeness (QED) is 0.872. The zero-order chi connectivity index (χ0) is 14.0. The van der Waals surface area contributed by atoms with E-state index in [0.717, 1.165) is 6.54 Å². The van der Waals surface area contributed by atoms with E-state index in [2.05, 4.69) is 4.90 Å². The molecule has 19 heavy (non-hydrogen) atoms. The molecule has 0 amide bonds. The van der Waals surface area contributed by atoms with Crippen molar-refractivity contribution in [3.05, 3.63) is 35.9 Å². The molecule has 0 aromatic heterocycles. The molecule has 1 aliphatic heterocycles. The zero-order valence-electron chi connectivity index (χ0n) is 11.4. The van der Waals surface area contributed by atoms with Crippen molar-refractivity contribution < 1.29 is 15.0 Å². The summed E-state index contributed by atoms with van der Waals surface area (Å²) in [7, 11) is 0. The Balaban J connectivity index is 2.16. The number of aliphatic hydroxyl groups is 1. The summed E-state index contributed by atoms with van der Waals surface area (Å²) in [5, 5.41) is 19.2. The van der Waals surface area contributed by atoms with Crippen LogP contribution in [0.3, 0.4) is 0 Å². The summed E-state index contributed by atoms with van der Waals surface area (Å²) in [5.74, 6) is -1.62. The highest BCUT2D eigenvalue weighted by Gasteiger charge is 2.42.